The van der Waals surface area contributed by atoms with Crippen LogP contribution in [0.2, 0.25) is 0 Å². The predicted octanol–water partition coefficient (Wildman–Crippen LogP) is 3.43. The van der Waals surface area contributed by atoms with E-state index in [4.69, 9.17) is 0 Å². The summed E-state index contributed by atoms with van der Waals surface area (Å²) in [5.74, 6) is -1.43. The van der Waals surface area contributed by atoms with E-state index < -0.39 is 29.9 Å². The highest BCUT2D eigenvalue weighted by molar-refractivity contribution is 5.77. The van der Waals surface area contributed by atoms with E-state index in [0.717, 1.165) is 30.0 Å². The lowest BCUT2D eigenvalue weighted by molar-refractivity contribution is -0.271. The third kappa shape index (κ3) is 6.34. The Labute approximate surface area is 146 Å². The number of imidazole rings is 1. The monoisotopic (exact) mass is 363 g/mol. The number of nitrogens with zero attached hydrogens (tertiary/aromatic N) is 2. The Morgan fingerprint density at radius 3 is 2.32 bits per heavy atom. The number of carbonyl (C=O) groups is 1. The van der Waals surface area contributed by atoms with E-state index in [1.54, 1.807) is 0 Å². The summed E-state index contributed by atoms with van der Waals surface area (Å²) in [4.78, 5) is 15.4. The fourth-order valence-electron chi connectivity index (χ4n) is 2.67. The zero-order valence-electron chi connectivity index (χ0n) is 14.9. The quantitative estimate of drug-likeness (QED) is 0.592. The van der Waals surface area contributed by atoms with Crippen molar-refractivity contribution in [3.8, 4) is 0 Å². The molecule has 1 atom stereocenters. The smallest absolute Gasteiger partial charge is 0.374 e. The predicted molar refractivity (Wildman–Crippen MR) is 88.8 cm³/mol. The van der Waals surface area contributed by atoms with Crippen molar-refractivity contribution < 1.29 is 23.1 Å². The van der Waals surface area contributed by atoms with Crippen LogP contribution in [0, 0.1) is 0 Å². The molecular formula is C17H28F3N3O2. The van der Waals surface area contributed by atoms with Crippen LogP contribution < -0.4 is 5.32 Å². The van der Waals surface area contributed by atoms with Gasteiger partial charge in [0.1, 0.15) is 0 Å². The Kier molecular flexibility index (Phi) is 8.41. The van der Waals surface area contributed by atoms with E-state index in [1.807, 2.05) is 0 Å². The number of aromatic nitrogens is 2. The van der Waals surface area contributed by atoms with Crippen LogP contribution in [0.25, 0.3) is 0 Å². The van der Waals surface area contributed by atoms with E-state index in [-0.39, 0.29) is 0 Å². The van der Waals surface area contributed by atoms with E-state index in [0.29, 0.717) is 13.0 Å². The number of nitrogens with one attached hydrogen (secondary N) is 1. The molecule has 0 aromatic carbocycles. The van der Waals surface area contributed by atoms with Gasteiger partial charge in [0.2, 0.25) is 11.5 Å². The SMILES string of the molecule is CCCCCCCCCNC(=O)CC(O)(c1nccn1C)C(F)(F)F. The minimum absolute atomic E-state index is 0.307. The van der Waals surface area contributed by atoms with Crippen molar-refractivity contribution in [2.45, 2.75) is 70.1 Å². The molecule has 0 aliphatic heterocycles. The topological polar surface area (TPSA) is 67.2 Å². The van der Waals surface area contributed by atoms with Crippen LogP contribution in [-0.4, -0.2) is 33.3 Å². The number of unbranched alkanes of at least 4 members (excludes halogenated alkanes) is 6. The molecule has 1 aromatic heterocycles. The fourth-order valence-corrected chi connectivity index (χ4v) is 2.67. The number of carbonyl (C=O) groups excluding carboxylic acids is 1. The second-order valence-electron chi connectivity index (χ2n) is 6.37. The number of hydrogen-bond donors (Lipinski definition) is 2. The van der Waals surface area contributed by atoms with Crippen molar-refractivity contribution in [3.05, 3.63) is 18.2 Å². The number of aliphatic hydroxyl groups is 1. The van der Waals surface area contributed by atoms with E-state index in [2.05, 4.69) is 17.2 Å². The molecule has 1 amide bonds. The molecule has 1 rings (SSSR count). The van der Waals surface area contributed by atoms with Gasteiger partial charge in [-0.15, -0.1) is 0 Å². The zero-order chi connectivity index (χ0) is 18.9. The van der Waals surface area contributed by atoms with Crippen LogP contribution in [-0.2, 0) is 17.4 Å². The largest absolute Gasteiger partial charge is 0.425 e. The van der Waals surface area contributed by atoms with Gasteiger partial charge in [-0.1, -0.05) is 45.4 Å². The van der Waals surface area contributed by atoms with Gasteiger partial charge in [0.05, 0.1) is 6.42 Å². The molecule has 0 spiro atoms. The normalized spacial score (nSPS) is 14.3. The summed E-state index contributed by atoms with van der Waals surface area (Å²) in [5.41, 5.74) is -3.30. The molecule has 0 aliphatic carbocycles. The first kappa shape index (κ1) is 21.5. The summed E-state index contributed by atoms with van der Waals surface area (Å²) in [6.07, 6.45) is 3.74. The highest BCUT2D eigenvalue weighted by Crippen LogP contribution is 2.40. The number of halogens is 3. The highest BCUT2D eigenvalue weighted by Gasteiger charge is 2.58. The third-order valence-electron chi connectivity index (χ3n) is 4.18. The van der Waals surface area contributed by atoms with Crippen LogP contribution in [0.4, 0.5) is 13.2 Å². The van der Waals surface area contributed by atoms with E-state index >= 15 is 0 Å². The summed E-state index contributed by atoms with van der Waals surface area (Å²) in [5, 5.41) is 12.6. The van der Waals surface area contributed by atoms with Crippen molar-refractivity contribution in [2.24, 2.45) is 7.05 Å². The number of amides is 1. The van der Waals surface area contributed by atoms with Gasteiger partial charge in [-0.3, -0.25) is 4.79 Å². The van der Waals surface area contributed by atoms with Crippen molar-refractivity contribution >= 4 is 5.91 Å². The molecule has 0 aliphatic rings. The van der Waals surface area contributed by atoms with Crippen molar-refractivity contribution in [2.75, 3.05) is 6.54 Å². The Balaban J connectivity index is 2.46. The van der Waals surface area contributed by atoms with Crippen LogP contribution >= 0.6 is 0 Å². The molecular weight excluding hydrogens is 335 g/mol. The molecule has 144 valence electrons. The molecule has 1 aromatic rings. The summed E-state index contributed by atoms with van der Waals surface area (Å²) >= 11 is 0. The van der Waals surface area contributed by atoms with Crippen molar-refractivity contribution in [1.29, 1.82) is 0 Å². The lowest BCUT2D eigenvalue weighted by atomic mass is 9.97. The Hall–Kier alpha value is -1.57. The minimum Gasteiger partial charge on any atom is -0.374 e. The van der Waals surface area contributed by atoms with Gasteiger partial charge in [0.25, 0.3) is 0 Å². The van der Waals surface area contributed by atoms with Crippen molar-refractivity contribution in [1.82, 2.24) is 14.9 Å². The highest BCUT2D eigenvalue weighted by atomic mass is 19.4. The Morgan fingerprint density at radius 1 is 1.20 bits per heavy atom. The average molecular weight is 363 g/mol. The first-order valence-electron chi connectivity index (χ1n) is 8.76. The number of hydrogen-bond acceptors (Lipinski definition) is 3. The maximum absolute atomic E-state index is 13.3. The average Bonchev–Trinajstić information content (AvgIpc) is 2.95. The number of rotatable bonds is 11. The molecule has 5 nitrogen and oxygen atoms in total. The van der Waals surface area contributed by atoms with E-state index in [1.165, 1.54) is 32.5 Å². The lowest BCUT2D eigenvalue weighted by Gasteiger charge is -2.29. The van der Waals surface area contributed by atoms with Gasteiger partial charge in [-0.05, 0) is 6.42 Å². The molecule has 0 radical (unpaired) electrons. The van der Waals surface area contributed by atoms with E-state index in [9.17, 15) is 23.1 Å². The Bertz CT molecular complexity index is 531. The summed E-state index contributed by atoms with van der Waals surface area (Å²) in [6, 6.07) is 0. The Morgan fingerprint density at radius 2 is 1.80 bits per heavy atom. The maximum atomic E-state index is 13.3. The molecule has 0 bridgehead atoms. The molecule has 25 heavy (non-hydrogen) atoms. The van der Waals surface area contributed by atoms with Gasteiger partial charge in [-0.2, -0.15) is 13.2 Å². The molecule has 0 fully saturated rings. The van der Waals surface area contributed by atoms with Crippen LogP contribution in [0.1, 0.15) is 64.1 Å². The summed E-state index contributed by atoms with van der Waals surface area (Å²) in [7, 11) is 1.34. The number of alkyl halides is 3. The standard InChI is InChI=1S/C17H28F3N3O2/c1-3-4-5-6-7-8-9-10-21-14(24)13-16(25,17(18,19)20)15-22-11-12-23(15)2/h11-12,25H,3-10,13H2,1-2H3,(H,21,24). The molecule has 0 saturated carbocycles. The second kappa shape index (κ2) is 9.79. The molecule has 8 heteroatoms. The second-order valence-corrected chi connectivity index (χ2v) is 6.37. The van der Waals surface area contributed by atoms with Crippen LogP contribution in [0.15, 0.2) is 12.4 Å². The van der Waals surface area contributed by atoms with Gasteiger partial charge in [0.15, 0.2) is 5.82 Å². The minimum atomic E-state index is -5.00. The fraction of sp³-hybridized carbons (Fsp3) is 0.765. The lowest BCUT2D eigenvalue weighted by Crippen LogP contribution is -2.48. The number of aryl methyl sites for hydroxylation is 1. The zero-order valence-corrected chi connectivity index (χ0v) is 14.9. The third-order valence-corrected chi connectivity index (χ3v) is 4.18. The first-order chi connectivity index (χ1) is 11.7. The van der Waals surface area contributed by atoms with Crippen LogP contribution in [0.3, 0.4) is 0 Å². The van der Waals surface area contributed by atoms with Crippen LogP contribution in [0.5, 0.6) is 0 Å². The first-order valence-corrected chi connectivity index (χ1v) is 8.76. The summed E-state index contributed by atoms with van der Waals surface area (Å²) < 4.78 is 41.0. The van der Waals surface area contributed by atoms with Gasteiger partial charge in [-0.25, -0.2) is 4.98 Å². The molecule has 0 saturated heterocycles. The van der Waals surface area contributed by atoms with Gasteiger partial charge >= 0.3 is 6.18 Å². The molecule has 1 heterocycles. The summed E-state index contributed by atoms with van der Waals surface area (Å²) in [6.45, 7) is 2.45. The van der Waals surface area contributed by atoms with Gasteiger partial charge in [0, 0.05) is 26.0 Å². The van der Waals surface area contributed by atoms with Gasteiger partial charge < -0.3 is 15.0 Å². The van der Waals surface area contributed by atoms with Crippen molar-refractivity contribution in [3.63, 3.8) is 0 Å². The molecule has 1 unspecified atom stereocenters. The molecule has 2 N–H and O–H groups in total. The maximum Gasteiger partial charge on any atom is 0.425 e.